The van der Waals surface area contributed by atoms with Crippen LogP contribution in [-0.4, -0.2) is 12.3 Å². The van der Waals surface area contributed by atoms with Crippen LogP contribution in [-0.2, 0) is 21.8 Å². The summed E-state index contributed by atoms with van der Waals surface area (Å²) < 4.78 is 593. The van der Waals surface area contributed by atoms with E-state index in [1.54, 1.807) is 0 Å². The van der Waals surface area contributed by atoms with Crippen molar-refractivity contribution in [2.45, 2.75) is 36.4 Å². The molecule has 732 valence electrons. The van der Waals surface area contributed by atoms with Crippen LogP contribution in [0.4, 0.5) is 176 Å². The van der Waals surface area contributed by atoms with Crippen molar-refractivity contribution < 1.29 is 176 Å². The van der Waals surface area contributed by atoms with Crippen LogP contribution in [0.3, 0.4) is 0 Å². The molecule has 0 saturated heterocycles. The third kappa shape index (κ3) is 16.5. The van der Waals surface area contributed by atoms with Crippen molar-refractivity contribution in [1.29, 1.82) is 0 Å². The molecule has 0 spiro atoms. The van der Waals surface area contributed by atoms with Gasteiger partial charge in [-0.25, -0.2) is 176 Å². The predicted octanol–water partition coefficient (Wildman–Crippen LogP) is 26.5. The van der Waals surface area contributed by atoms with E-state index < -0.39 is 289 Å². The minimum atomic E-state index is -7.22. The quantitative estimate of drug-likeness (QED) is 0.0305. The van der Waals surface area contributed by atoms with Crippen LogP contribution in [0, 0.1) is 233 Å². The summed E-state index contributed by atoms with van der Waals surface area (Å²) >= 11 is 5.77. The Morgan fingerprint density at radius 2 is 0.280 bits per heavy atom. The van der Waals surface area contributed by atoms with Crippen LogP contribution < -0.4 is 43.7 Å². The van der Waals surface area contributed by atoms with Gasteiger partial charge < -0.3 is 0 Å². The van der Waals surface area contributed by atoms with Gasteiger partial charge in [0.1, 0.15) is 127 Å². The summed E-state index contributed by atoms with van der Waals surface area (Å²) in [5.74, 6) is -143. The molecule has 0 bridgehead atoms. The molecule has 16 aromatic carbocycles. The summed E-state index contributed by atoms with van der Waals surface area (Å²) in [5, 5.41) is 10.3. The molecule has 0 nitrogen and oxygen atoms in total. The molecule has 2 aromatic heterocycles. The van der Waals surface area contributed by atoms with Gasteiger partial charge in [0.25, 0.3) is 0 Å². The molecule has 0 saturated carbocycles. The Balaban J connectivity index is 0.000000155. The molecule has 0 atom stereocenters. The minimum absolute atomic E-state index is 0.229. The number of benzene rings is 16. The molecule has 18 rings (SSSR count). The lowest BCUT2D eigenvalue weighted by atomic mass is 9.12. The number of thiophene rings is 2. The predicted molar refractivity (Wildman–Crippen MR) is 451 cm³/mol. The van der Waals surface area contributed by atoms with Crippen molar-refractivity contribution in [1.82, 2.24) is 0 Å². The van der Waals surface area contributed by atoms with Gasteiger partial charge in [-0.2, -0.15) is 0 Å². The van der Waals surface area contributed by atoms with Gasteiger partial charge in [0.15, 0.2) is 159 Å². The number of halogens is 40. The second-order valence-electron chi connectivity index (χ2n) is 30.5. The number of rotatable bonds is 16. The van der Waals surface area contributed by atoms with Crippen molar-refractivity contribution in [2.24, 2.45) is 0 Å². The standard InChI is InChI=1S/C48H32S5.2C24BF20/c1-5-13-37-29-41(21-17-33(37)9-1)52(42-22-18-34-10-2-6-14-38(34)30-42)47-27-25-45(50-47)49-46-26-28-48(51-46)53(43-23-19-35-11-3-7-15-39(35)31-43)44-24-20-36-12-4-8-16-40(36)32-44;2*26-5-1(6(27)14(35)21(42)13(5)34)25(2-7(28)15(36)22(43)16(37)8(2)29,3-9(30)17(38)23(44)18(39)10(3)31)4-11(32)19(40)24(45)20(41)12(4)33/h1-32H;;/q+2;2*-1. The average Bonchev–Trinajstić information content (AvgIpc) is 0.819. The van der Waals surface area contributed by atoms with Gasteiger partial charge >= 0.3 is 0 Å². The summed E-state index contributed by atoms with van der Waals surface area (Å²) in [4.78, 5) is 5.41. The first-order chi connectivity index (χ1) is 67.6. The lowest BCUT2D eigenvalue weighted by molar-refractivity contribution is 0.377. The lowest BCUT2D eigenvalue weighted by Crippen LogP contribution is -2.81. The molecular weight excluding hydrogens is 2090 g/mol. The molecule has 0 fully saturated rings. The topological polar surface area (TPSA) is 0 Å². The van der Waals surface area contributed by atoms with Gasteiger partial charge in [-0.15, -0.1) is 43.7 Å². The van der Waals surface area contributed by atoms with Crippen molar-refractivity contribution in [3.63, 3.8) is 0 Å². The Hall–Kier alpha value is -13.7. The molecule has 0 unspecified atom stereocenters. The van der Waals surface area contributed by atoms with Gasteiger partial charge in [-0.05, 0) is 104 Å². The summed E-state index contributed by atoms with van der Waals surface area (Å²) in [6.45, 7) is 0. The maximum atomic E-state index is 15.4. The normalized spacial score (nSPS) is 11.9. The molecule has 2 heterocycles. The highest BCUT2D eigenvalue weighted by atomic mass is 32.2. The molecule has 0 aliphatic rings. The Labute approximate surface area is 789 Å². The zero-order chi connectivity index (χ0) is 104. The fourth-order valence-electron chi connectivity index (χ4n) is 16.7. The van der Waals surface area contributed by atoms with Gasteiger partial charge in [0.2, 0.25) is 8.42 Å². The maximum absolute atomic E-state index is 15.4. The van der Waals surface area contributed by atoms with Crippen LogP contribution in [0.25, 0.3) is 43.1 Å². The van der Waals surface area contributed by atoms with E-state index in [2.05, 4.69) is 194 Å². The van der Waals surface area contributed by atoms with Gasteiger partial charge in [0, 0.05) is 36.4 Å². The molecule has 0 N–H and O–H groups in total. The van der Waals surface area contributed by atoms with Crippen molar-refractivity contribution in [3.8, 4) is 0 Å². The summed E-state index contributed by atoms with van der Waals surface area (Å²) in [6, 6.07) is 72.2. The zero-order valence-electron chi connectivity index (χ0n) is 68.8. The largest absolute Gasteiger partial charge is 0.221 e. The first-order valence-electron chi connectivity index (χ1n) is 39.4. The Bertz CT molecular complexity index is 6960. The fraction of sp³-hybridized carbons (Fsp3) is 0. The molecule has 0 aliphatic heterocycles. The molecule has 0 radical (unpaired) electrons. The van der Waals surface area contributed by atoms with E-state index in [-0.39, 0.29) is 21.8 Å². The van der Waals surface area contributed by atoms with Crippen LogP contribution in [0.1, 0.15) is 0 Å². The maximum Gasteiger partial charge on any atom is 0.221 e. The first-order valence-corrected chi connectivity index (χ1v) is 44.3. The Kier molecular flexibility index (Phi) is 27.8. The number of fused-ring (bicyclic) bond motifs is 4. The van der Waals surface area contributed by atoms with E-state index in [1.807, 2.05) is 34.4 Å². The summed E-state index contributed by atoms with van der Waals surface area (Å²) in [7, 11) is -0.459. The highest BCUT2D eigenvalue weighted by Gasteiger charge is 2.56. The van der Waals surface area contributed by atoms with Crippen LogP contribution in [0.2, 0.25) is 0 Å². The van der Waals surface area contributed by atoms with Gasteiger partial charge in [0.05, 0.1) is 8.42 Å². The minimum Gasteiger partial charge on any atom is -0.207 e. The monoisotopic (exact) mass is 2130 g/mol. The van der Waals surface area contributed by atoms with Crippen LogP contribution in [0.5, 0.6) is 0 Å². The molecule has 0 aliphatic carbocycles. The summed E-state index contributed by atoms with van der Waals surface area (Å²) in [6.07, 6.45) is -14.4. The lowest BCUT2D eigenvalue weighted by Gasteiger charge is -2.44. The van der Waals surface area contributed by atoms with E-state index in [0.29, 0.717) is 0 Å². The fourth-order valence-corrected chi connectivity index (χ4v) is 26.0. The molecule has 143 heavy (non-hydrogen) atoms. The first kappa shape index (κ1) is 102. The van der Waals surface area contributed by atoms with Crippen molar-refractivity contribution in [3.05, 3.63) is 427 Å². The SMILES string of the molecule is Fc1c(F)c(F)c([B-](c2c(F)c(F)c(F)c(F)c2F)(c2c(F)c(F)c(F)c(F)c2F)c2c(F)c(F)c(F)c(F)c2F)c(F)c1F.Fc1c(F)c(F)c([B-](c2c(F)c(F)c(F)c(F)c2F)(c2c(F)c(F)c(F)c(F)c2F)c2c(F)c(F)c(F)c(F)c2F)c(F)c1F.c1ccc2cc([S+](c3ccc4ccccc4c3)c3ccc(Sc4ccc([S+](c5ccc6ccccc6c5)c5ccc6ccccc6c5)s4)s3)ccc2c1. The highest BCUT2D eigenvalue weighted by Crippen LogP contribution is 2.47. The van der Waals surface area contributed by atoms with Gasteiger partial charge in [-0.1, -0.05) is 131 Å². The van der Waals surface area contributed by atoms with E-state index in [9.17, 15) is 105 Å². The number of hydrogen-bond acceptors (Lipinski definition) is 3. The van der Waals surface area contributed by atoms with Crippen molar-refractivity contribution >= 4 is 155 Å². The second kappa shape index (κ2) is 38.9. The smallest absolute Gasteiger partial charge is 0.207 e. The Morgan fingerprint density at radius 3 is 0.427 bits per heavy atom. The molecule has 18 aromatic rings. The third-order valence-corrected chi connectivity index (χ3v) is 31.5. The third-order valence-electron chi connectivity index (χ3n) is 23.0. The van der Waals surface area contributed by atoms with Crippen molar-refractivity contribution in [2.75, 3.05) is 0 Å². The second-order valence-corrected chi connectivity index (χ2v) is 38.8. The van der Waals surface area contributed by atoms with Gasteiger partial charge in [-0.3, -0.25) is 0 Å². The Morgan fingerprint density at radius 1 is 0.147 bits per heavy atom. The highest BCUT2D eigenvalue weighted by molar-refractivity contribution is 8.04. The molecule has 0 amide bonds. The molecule has 47 heteroatoms. The zero-order valence-corrected chi connectivity index (χ0v) is 72.9. The molecular formula is C96H32B2F40S5. The number of hydrogen-bond donors (Lipinski definition) is 0. The van der Waals surface area contributed by atoms with E-state index in [4.69, 9.17) is 0 Å². The van der Waals surface area contributed by atoms with Crippen LogP contribution >= 0.6 is 34.4 Å². The van der Waals surface area contributed by atoms with E-state index in [0.717, 1.165) is 0 Å². The summed E-state index contributed by atoms with van der Waals surface area (Å²) in [5.41, 5.74) is -28.7. The van der Waals surface area contributed by atoms with E-state index >= 15 is 70.2 Å². The van der Waals surface area contributed by atoms with Crippen LogP contribution in [0.15, 0.2) is 231 Å². The average molecular weight is 2130 g/mol. The van der Waals surface area contributed by atoms with E-state index in [1.165, 1.54) is 79.5 Å².